The zero-order valence-corrected chi connectivity index (χ0v) is 33.5. The Morgan fingerprint density at radius 1 is 0.873 bits per heavy atom. The topological polar surface area (TPSA) is 105 Å². The highest BCUT2D eigenvalue weighted by Crippen LogP contribution is 2.50. The molecular formula is C48H56N3O4+. The van der Waals surface area contributed by atoms with Gasteiger partial charge in [-0.25, -0.2) is 4.79 Å². The van der Waals surface area contributed by atoms with Gasteiger partial charge in [-0.15, -0.1) is 0 Å². The molecule has 0 amide bonds. The van der Waals surface area contributed by atoms with Crippen molar-refractivity contribution in [1.29, 1.82) is 5.26 Å². The van der Waals surface area contributed by atoms with Crippen molar-refractivity contribution in [2.24, 2.45) is 0 Å². The van der Waals surface area contributed by atoms with Gasteiger partial charge >= 0.3 is 5.97 Å². The smallest absolute Gasteiger partial charge is 0.346 e. The fourth-order valence-corrected chi connectivity index (χ4v) is 8.87. The van der Waals surface area contributed by atoms with Gasteiger partial charge in [0.1, 0.15) is 23.9 Å². The van der Waals surface area contributed by atoms with Crippen molar-refractivity contribution < 1.29 is 24.4 Å². The Hall–Kier alpha value is -5.22. The molecule has 2 N–H and O–H groups in total. The molecule has 3 aromatic rings. The third-order valence-electron chi connectivity index (χ3n) is 11.9. The van der Waals surface area contributed by atoms with Crippen molar-refractivity contribution in [2.75, 3.05) is 18.0 Å². The van der Waals surface area contributed by atoms with E-state index in [4.69, 9.17) is 0 Å². The normalized spacial score (nSPS) is 18.7. The zero-order valence-electron chi connectivity index (χ0n) is 33.5. The number of carbonyl (C=O) groups is 2. The summed E-state index contributed by atoms with van der Waals surface area (Å²) in [6, 6.07) is 20.3. The summed E-state index contributed by atoms with van der Waals surface area (Å²) in [5.41, 5.74) is 6.17. The number of nitriles is 1. The van der Waals surface area contributed by atoms with Gasteiger partial charge in [-0.1, -0.05) is 102 Å². The van der Waals surface area contributed by atoms with Crippen LogP contribution in [-0.4, -0.2) is 45.3 Å². The predicted molar refractivity (Wildman–Crippen MR) is 223 cm³/mol. The molecule has 0 aromatic heterocycles. The number of fused-ring (bicyclic) bond motifs is 4. The number of rotatable bonds is 16. The lowest BCUT2D eigenvalue weighted by atomic mass is 9.76. The molecule has 0 atom stereocenters. The maximum absolute atomic E-state index is 14.1. The molecule has 3 aromatic carbocycles. The molecule has 0 unspecified atom stereocenters. The van der Waals surface area contributed by atoms with Crippen molar-refractivity contribution in [3.05, 3.63) is 112 Å². The lowest BCUT2D eigenvalue weighted by molar-refractivity contribution is -0.438. The van der Waals surface area contributed by atoms with Crippen LogP contribution in [0.5, 0.6) is 0 Å². The third-order valence-corrected chi connectivity index (χ3v) is 11.9. The molecular weight excluding hydrogens is 683 g/mol. The summed E-state index contributed by atoms with van der Waals surface area (Å²) in [6.07, 6.45) is 17.8. The van der Waals surface area contributed by atoms with E-state index in [0.717, 1.165) is 42.0 Å². The standard InChI is InChI=1S/C48H55N3O4/c1-7-9-10-11-12-13-14-15-16-19-26-51-40-25-23-33-20-17-18-21-35(33)43(40)48(5,6)42(51)30-37-44(52)36(45(37)53)29-41-47(3,4)38-28-32(27-34(31-49)46(54)55)22-24-39(38)50(41)8-2/h17-18,20-25,27-30H,7-16,19,26H2,1-6H3,(H-,52,53,54,55)/p+1/b34-27+. The number of unbranched alkanes of at least 4 members (excludes halogenated alkanes) is 9. The van der Waals surface area contributed by atoms with Gasteiger partial charge < -0.3 is 15.1 Å². The highest BCUT2D eigenvalue weighted by molar-refractivity contribution is 6.24. The van der Waals surface area contributed by atoms with Crippen molar-refractivity contribution in [1.82, 2.24) is 0 Å². The molecule has 0 bridgehead atoms. The number of hydrogen-bond donors (Lipinski definition) is 2. The fourth-order valence-electron chi connectivity index (χ4n) is 8.87. The van der Waals surface area contributed by atoms with Crippen molar-refractivity contribution in [3.8, 4) is 6.07 Å². The van der Waals surface area contributed by atoms with E-state index < -0.39 is 16.8 Å². The van der Waals surface area contributed by atoms with Crippen molar-refractivity contribution in [3.63, 3.8) is 0 Å². The minimum Gasteiger partial charge on any atom is -0.506 e. The Kier molecular flexibility index (Phi) is 11.7. The molecule has 286 valence electrons. The molecule has 7 nitrogen and oxygen atoms in total. The van der Waals surface area contributed by atoms with E-state index in [2.05, 4.69) is 80.5 Å². The van der Waals surface area contributed by atoms with Gasteiger partial charge in [0.15, 0.2) is 5.71 Å². The van der Waals surface area contributed by atoms with Crippen LogP contribution in [0.1, 0.15) is 122 Å². The Bertz CT molecular complexity index is 2220. The zero-order chi connectivity index (χ0) is 39.5. The van der Waals surface area contributed by atoms with Crippen LogP contribution in [0.4, 0.5) is 11.4 Å². The number of benzene rings is 3. The molecule has 1 aliphatic carbocycles. The molecule has 6 rings (SSSR count). The summed E-state index contributed by atoms with van der Waals surface area (Å²) in [4.78, 5) is 27.7. The quantitative estimate of drug-likeness (QED) is 0.0656. The number of Topliss-reactive ketones (excluding diaryl/α,β-unsaturated/α-hetero) is 1. The number of carboxylic acids is 1. The molecule has 0 spiro atoms. The molecule has 0 saturated heterocycles. The van der Waals surface area contributed by atoms with Gasteiger partial charge in [-0.3, -0.25) is 4.79 Å². The molecule has 55 heavy (non-hydrogen) atoms. The lowest BCUT2D eigenvalue weighted by Gasteiger charge is -2.28. The Morgan fingerprint density at radius 2 is 1.55 bits per heavy atom. The molecule has 0 saturated carbocycles. The molecule has 0 radical (unpaired) electrons. The number of nitrogens with zero attached hydrogens (tertiary/aromatic N) is 3. The van der Waals surface area contributed by atoms with E-state index in [1.165, 1.54) is 79.5 Å². The van der Waals surface area contributed by atoms with E-state index >= 15 is 0 Å². The lowest BCUT2D eigenvalue weighted by Crippen LogP contribution is -2.32. The Morgan fingerprint density at radius 3 is 2.18 bits per heavy atom. The summed E-state index contributed by atoms with van der Waals surface area (Å²) in [5, 5.41) is 32.8. The van der Waals surface area contributed by atoms with Crippen LogP contribution in [0.2, 0.25) is 0 Å². The number of aliphatic carboxylic acids is 1. The monoisotopic (exact) mass is 738 g/mol. The second-order valence-corrected chi connectivity index (χ2v) is 16.3. The fraction of sp³-hybridized carbons (Fsp3) is 0.417. The number of likely N-dealkylation sites (N-methyl/N-ethyl adjacent to an activating group) is 1. The van der Waals surface area contributed by atoms with E-state index in [1.807, 2.05) is 31.2 Å². The number of allylic oxidation sites excluding steroid dienone is 5. The number of carbonyl (C=O) groups excluding carboxylic acids is 1. The summed E-state index contributed by atoms with van der Waals surface area (Å²) in [5.74, 6) is -1.45. The van der Waals surface area contributed by atoms with E-state index in [9.17, 15) is 25.1 Å². The molecule has 7 heteroatoms. The van der Waals surface area contributed by atoms with Crippen molar-refractivity contribution in [2.45, 2.75) is 117 Å². The van der Waals surface area contributed by atoms with Gasteiger partial charge in [0.2, 0.25) is 11.5 Å². The van der Waals surface area contributed by atoms with Gasteiger partial charge in [-0.05, 0) is 79.4 Å². The van der Waals surface area contributed by atoms with Gasteiger partial charge in [0, 0.05) is 47.5 Å². The SMILES string of the molecule is CCCCCCCCCCCC[N+]1=C(/C=C2/C(=O)C(/C=C3\N(CC)c4ccc(/C=C(\C#N)C(=O)O)cc4C3(C)C)=C2O)C(C)(C)c2c1ccc1ccccc21. The number of anilines is 1. The van der Waals surface area contributed by atoms with Crippen LogP contribution in [0.15, 0.2) is 94.9 Å². The van der Waals surface area contributed by atoms with Crippen LogP contribution >= 0.6 is 0 Å². The van der Waals surface area contributed by atoms with Gasteiger partial charge in [-0.2, -0.15) is 9.84 Å². The molecule has 2 heterocycles. The second kappa shape index (κ2) is 16.3. The van der Waals surface area contributed by atoms with E-state index in [0.29, 0.717) is 23.3 Å². The van der Waals surface area contributed by atoms with E-state index in [1.54, 1.807) is 12.1 Å². The van der Waals surface area contributed by atoms with Crippen LogP contribution in [0, 0.1) is 11.3 Å². The molecule has 2 aliphatic heterocycles. The number of aliphatic hydroxyl groups excluding tert-OH is 1. The third kappa shape index (κ3) is 7.44. The number of ketones is 1. The van der Waals surface area contributed by atoms with Gasteiger partial charge in [0.25, 0.3) is 0 Å². The van der Waals surface area contributed by atoms with Crippen molar-refractivity contribution >= 4 is 45.7 Å². The maximum atomic E-state index is 14.1. The minimum absolute atomic E-state index is 0.00653. The summed E-state index contributed by atoms with van der Waals surface area (Å²) in [6.45, 7) is 14.4. The highest BCUT2D eigenvalue weighted by atomic mass is 16.4. The van der Waals surface area contributed by atoms with Crippen LogP contribution in [0.3, 0.4) is 0 Å². The summed E-state index contributed by atoms with van der Waals surface area (Å²) in [7, 11) is 0. The summed E-state index contributed by atoms with van der Waals surface area (Å²) >= 11 is 0. The minimum atomic E-state index is -1.27. The average molecular weight is 739 g/mol. The van der Waals surface area contributed by atoms with Crippen LogP contribution < -0.4 is 4.90 Å². The summed E-state index contributed by atoms with van der Waals surface area (Å²) < 4.78 is 2.39. The first-order chi connectivity index (χ1) is 26.4. The maximum Gasteiger partial charge on any atom is 0.346 e. The molecule has 3 aliphatic rings. The second-order valence-electron chi connectivity index (χ2n) is 16.3. The van der Waals surface area contributed by atoms with Crippen LogP contribution in [0.25, 0.3) is 16.8 Å². The Balaban J connectivity index is 1.31. The predicted octanol–water partition coefficient (Wildman–Crippen LogP) is 11.2. The van der Waals surface area contributed by atoms with Gasteiger partial charge in [0.05, 0.1) is 16.6 Å². The van der Waals surface area contributed by atoms with Crippen LogP contribution in [-0.2, 0) is 20.4 Å². The number of hydrogen-bond acceptors (Lipinski definition) is 5. The number of carboxylic acid groups (broad SMARTS) is 1. The van der Waals surface area contributed by atoms with E-state index in [-0.39, 0.29) is 17.1 Å². The first-order valence-corrected chi connectivity index (χ1v) is 20.2. The number of aliphatic hydroxyl groups is 1. The largest absolute Gasteiger partial charge is 0.506 e. The first kappa shape index (κ1) is 39.5. The first-order valence-electron chi connectivity index (χ1n) is 20.2. The average Bonchev–Trinajstić information content (AvgIpc) is 3.52. The highest BCUT2D eigenvalue weighted by Gasteiger charge is 2.48. The molecule has 0 fully saturated rings. The Labute approximate surface area is 326 Å².